The number of hydrogen-bond acceptors (Lipinski definition) is 1. The van der Waals surface area contributed by atoms with Gasteiger partial charge in [-0.1, -0.05) is 0 Å². The van der Waals surface area contributed by atoms with Crippen molar-refractivity contribution >= 4 is 14.2 Å². The second-order valence-electron chi connectivity index (χ2n) is 3.51. The van der Waals surface area contributed by atoms with E-state index in [1.165, 1.54) is 19.3 Å². The molecule has 1 aliphatic carbocycles. The van der Waals surface area contributed by atoms with Crippen LogP contribution in [0.4, 0.5) is 0 Å². The molecule has 0 aliphatic heterocycles. The van der Waals surface area contributed by atoms with E-state index in [-0.39, 0.29) is 5.91 Å². The van der Waals surface area contributed by atoms with Crippen LogP contribution in [-0.4, -0.2) is 11.9 Å². The van der Waals surface area contributed by atoms with Crippen LogP contribution in [0.1, 0.15) is 32.6 Å². The number of hydrogen-bond donors (Lipinski definition) is 1. The zero-order chi connectivity index (χ0) is 8.97. The Hall–Kier alpha value is 0.695. The Morgan fingerprint density at radius 1 is 1.50 bits per heavy atom. The van der Waals surface area contributed by atoms with Gasteiger partial charge in [-0.15, -0.1) is 0 Å². The number of carbonyl (C=O) groups excluding carboxylic acids is 1. The van der Waals surface area contributed by atoms with Crippen molar-refractivity contribution in [2.75, 3.05) is 0 Å². The first-order chi connectivity index (χ1) is 5.74. The summed E-state index contributed by atoms with van der Waals surface area (Å²) in [4.78, 5) is 10.8. The fourth-order valence-electron chi connectivity index (χ4n) is 1.84. The molecule has 12 heavy (non-hydrogen) atoms. The minimum atomic E-state index is -1.15. The standard InChI is InChI=1S/C8H14NO.ClH.Hg/c1-7(10)9-8-5-3-2-4-6-8;;/h5,8H,2-4,6H2,1H3,(H,9,10);1H;/q;;+1/p-1. The Labute approximate surface area is 89.3 Å². The molecule has 1 N–H and O–H groups in total. The predicted molar refractivity (Wildman–Crippen MR) is 45.7 cm³/mol. The van der Waals surface area contributed by atoms with Crippen molar-refractivity contribution in [2.24, 2.45) is 0 Å². The third-order valence-corrected chi connectivity index (χ3v) is 11.3. The molecule has 0 aromatic heterocycles. The van der Waals surface area contributed by atoms with Crippen molar-refractivity contribution in [1.29, 1.82) is 0 Å². The molecule has 1 rings (SSSR count). The summed E-state index contributed by atoms with van der Waals surface area (Å²) >= 11 is -1.15. The Morgan fingerprint density at radius 3 is 2.75 bits per heavy atom. The normalized spacial score (nSPS) is 29.2. The van der Waals surface area contributed by atoms with Gasteiger partial charge in [0.1, 0.15) is 0 Å². The van der Waals surface area contributed by atoms with Crippen LogP contribution in [-0.2, 0) is 28.1 Å². The fraction of sp³-hybridized carbons (Fsp3) is 0.875. The molecule has 0 aromatic rings. The van der Waals surface area contributed by atoms with E-state index < -0.39 is 23.3 Å². The van der Waals surface area contributed by atoms with E-state index in [1.807, 2.05) is 0 Å². The zero-order valence-electron chi connectivity index (χ0n) is 7.48. The molecular formula is C8H14ClHgNO. The number of amides is 1. The van der Waals surface area contributed by atoms with Gasteiger partial charge in [0.25, 0.3) is 0 Å². The van der Waals surface area contributed by atoms with Gasteiger partial charge in [-0.3, -0.25) is 0 Å². The Morgan fingerprint density at radius 2 is 2.17 bits per heavy atom. The van der Waals surface area contributed by atoms with Gasteiger partial charge < -0.3 is 0 Å². The number of nitrogens with one attached hydrogen (secondary N) is 1. The molecule has 1 aliphatic rings. The van der Waals surface area contributed by atoms with Gasteiger partial charge in [-0.2, -0.15) is 0 Å². The first kappa shape index (κ1) is 10.8. The molecule has 1 saturated carbocycles. The van der Waals surface area contributed by atoms with E-state index in [4.69, 9.17) is 8.25 Å². The summed E-state index contributed by atoms with van der Waals surface area (Å²) in [5.74, 6) is 0.102. The van der Waals surface area contributed by atoms with Crippen LogP contribution in [0.15, 0.2) is 0 Å². The van der Waals surface area contributed by atoms with Gasteiger partial charge in [-0.05, 0) is 0 Å². The molecule has 0 spiro atoms. The van der Waals surface area contributed by atoms with Gasteiger partial charge >= 0.3 is 89.7 Å². The van der Waals surface area contributed by atoms with Crippen LogP contribution >= 0.6 is 8.25 Å². The molecule has 0 saturated heterocycles. The zero-order valence-corrected chi connectivity index (χ0v) is 13.7. The van der Waals surface area contributed by atoms with E-state index in [0.717, 1.165) is 6.42 Å². The summed E-state index contributed by atoms with van der Waals surface area (Å²) in [6.45, 7) is 1.59. The van der Waals surface area contributed by atoms with E-state index in [2.05, 4.69) is 5.32 Å². The molecule has 1 fully saturated rings. The van der Waals surface area contributed by atoms with Crippen LogP contribution < -0.4 is 5.32 Å². The SMILES string of the molecule is CC(=O)NC1CCCC[CH]1[Hg][Cl]. The number of carbonyl (C=O) groups is 1. The summed E-state index contributed by atoms with van der Waals surface area (Å²) in [5, 5.41) is 3.01. The summed E-state index contributed by atoms with van der Waals surface area (Å²) in [7, 11) is 6.03. The van der Waals surface area contributed by atoms with Crippen LogP contribution in [0.3, 0.4) is 0 Å². The first-order valence-electron chi connectivity index (χ1n) is 4.57. The Bertz CT molecular complexity index is 165. The fourth-order valence-corrected chi connectivity index (χ4v) is 9.02. The van der Waals surface area contributed by atoms with Crippen molar-refractivity contribution in [1.82, 2.24) is 5.32 Å². The third-order valence-electron chi connectivity index (χ3n) is 2.50. The number of rotatable bonds is 2. The van der Waals surface area contributed by atoms with E-state index in [0.29, 0.717) is 9.47 Å². The summed E-state index contributed by atoms with van der Waals surface area (Å²) < 4.78 is 0.712. The van der Waals surface area contributed by atoms with Gasteiger partial charge in [-0.25, -0.2) is 0 Å². The molecule has 0 aromatic carbocycles. The Kier molecular flexibility index (Phi) is 4.88. The summed E-state index contributed by atoms with van der Waals surface area (Å²) in [5.41, 5.74) is 0. The summed E-state index contributed by atoms with van der Waals surface area (Å²) in [6, 6.07) is 0.426. The van der Waals surface area contributed by atoms with Gasteiger partial charge in [0.05, 0.1) is 0 Å². The second kappa shape index (κ2) is 5.43. The molecule has 2 atom stereocenters. The van der Waals surface area contributed by atoms with E-state index >= 15 is 0 Å². The molecule has 66 valence electrons. The second-order valence-corrected chi connectivity index (χ2v) is 11.5. The van der Waals surface area contributed by atoms with Gasteiger partial charge in [0, 0.05) is 0 Å². The molecule has 4 heteroatoms. The predicted octanol–water partition coefficient (Wildman–Crippen LogP) is 2.09. The van der Waals surface area contributed by atoms with Crippen molar-refractivity contribution in [3.8, 4) is 0 Å². The topological polar surface area (TPSA) is 29.1 Å². The average molecular weight is 376 g/mol. The molecular weight excluding hydrogens is 362 g/mol. The summed E-state index contributed by atoms with van der Waals surface area (Å²) in [6.07, 6.45) is 4.98. The molecule has 1 amide bonds. The van der Waals surface area contributed by atoms with Gasteiger partial charge in [0.2, 0.25) is 0 Å². The van der Waals surface area contributed by atoms with Crippen molar-refractivity contribution in [2.45, 2.75) is 42.1 Å². The molecule has 0 heterocycles. The first-order valence-corrected chi connectivity index (χ1v) is 14.5. The minimum absolute atomic E-state index is 0.102. The maximum atomic E-state index is 10.8. The molecule has 2 nitrogen and oxygen atoms in total. The Balaban J connectivity index is 2.41. The van der Waals surface area contributed by atoms with Crippen LogP contribution in [0.5, 0.6) is 0 Å². The monoisotopic (exact) mass is 377 g/mol. The van der Waals surface area contributed by atoms with Crippen LogP contribution in [0, 0.1) is 0 Å². The maximum absolute atomic E-state index is 10.8. The van der Waals surface area contributed by atoms with E-state index in [9.17, 15) is 4.79 Å². The number of halogens is 1. The van der Waals surface area contributed by atoms with Crippen LogP contribution in [0.2, 0.25) is 3.43 Å². The van der Waals surface area contributed by atoms with Crippen molar-refractivity contribution in [3.63, 3.8) is 0 Å². The quantitative estimate of drug-likeness (QED) is 0.735. The van der Waals surface area contributed by atoms with E-state index in [1.54, 1.807) is 6.92 Å². The molecule has 2 unspecified atom stereocenters. The van der Waals surface area contributed by atoms with Gasteiger partial charge in [0.15, 0.2) is 0 Å². The van der Waals surface area contributed by atoms with Crippen LogP contribution in [0.25, 0.3) is 0 Å². The molecule has 0 radical (unpaired) electrons. The molecule has 0 bridgehead atoms. The van der Waals surface area contributed by atoms with Crippen molar-refractivity contribution < 1.29 is 28.1 Å². The third kappa shape index (κ3) is 3.21. The average Bonchev–Trinajstić information content (AvgIpc) is 2.04. The van der Waals surface area contributed by atoms with Crippen molar-refractivity contribution in [3.05, 3.63) is 0 Å².